The lowest BCUT2D eigenvalue weighted by Gasteiger charge is -2.16. The number of carboxylic acids is 1. The lowest BCUT2D eigenvalue weighted by Crippen LogP contribution is -2.42. The van der Waals surface area contributed by atoms with Gasteiger partial charge in [0, 0.05) is 5.69 Å². The van der Waals surface area contributed by atoms with Crippen molar-refractivity contribution in [1.82, 2.24) is 0 Å². The summed E-state index contributed by atoms with van der Waals surface area (Å²) in [5, 5.41) is 8.50. The van der Waals surface area contributed by atoms with E-state index in [2.05, 4.69) is 5.32 Å². The SMILES string of the molecule is CC(C(=O)O)S(=O)(=O)C1CCc2ccccc2NC1=O. The van der Waals surface area contributed by atoms with Crippen LogP contribution in [0.3, 0.4) is 0 Å². The number of para-hydroxylation sites is 1. The molecule has 0 aromatic heterocycles. The summed E-state index contributed by atoms with van der Waals surface area (Å²) in [6.45, 7) is 1.09. The maximum absolute atomic E-state index is 12.2. The first-order chi connectivity index (χ1) is 9.34. The van der Waals surface area contributed by atoms with E-state index in [1.165, 1.54) is 0 Å². The molecule has 1 amide bonds. The van der Waals surface area contributed by atoms with E-state index in [4.69, 9.17) is 5.11 Å². The van der Waals surface area contributed by atoms with E-state index in [1.807, 2.05) is 6.07 Å². The number of fused-ring (bicyclic) bond motifs is 1. The minimum Gasteiger partial charge on any atom is -0.480 e. The number of anilines is 1. The first-order valence-corrected chi connectivity index (χ1v) is 7.79. The Morgan fingerprint density at radius 2 is 2.05 bits per heavy atom. The number of benzene rings is 1. The standard InChI is InChI=1S/C13H15NO5S/c1-8(13(16)17)20(18,19)11-7-6-9-4-2-3-5-10(9)14-12(11)15/h2-5,8,11H,6-7H2,1H3,(H,14,15)(H,16,17). The second-order valence-electron chi connectivity index (χ2n) is 4.74. The van der Waals surface area contributed by atoms with Crippen molar-refractivity contribution in [3.8, 4) is 0 Å². The normalized spacial score (nSPS) is 20.4. The molecule has 1 heterocycles. The van der Waals surface area contributed by atoms with Crippen LogP contribution in [0.5, 0.6) is 0 Å². The Labute approximate surface area is 116 Å². The highest BCUT2D eigenvalue weighted by molar-refractivity contribution is 7.94. The molecular formula is C13H15NO5S. The number of carboxylic acid groups (broad SMARTS) is 1. The summed E-state index contributed by atoms with van der Waals surface area (Å²) in [7, 11) is -4.06. The molecule has 0 bridgehead atoms. The molecule has 0 fully saturated rings. The van der Waals surface area contributed by atoms with Crippen molar-refractivity contribution < 1.29 is 23.1 Å². The molecular weight excluding hydrogens is 282 g/mol. The van der Waals surface area contributed by atoms with Crippen LogP contribution in [0.1, 0.15) is 18.9 Å². The Bertz CT molecular complexity index is 652. The Balaban J connectivity index is 2.33. The molecule has 108 valence electrons. The van der Waals surface area contributed by atoms with Crippen molar-refractivity contribution in [3.63, 3.8) is 0 Å². The van der Waals surface area contributed by atoms with Crippen LogP contribution in [-0.4, -0.2) is 35.9 Å². The molecule has 2 rings (SSSR count). The molecule has 0 saturated heterocycles. The summed E-state index contributed by atoms with van der Waals surface area (Å²) >= 11 is 0. The summed E-state index contributed by atoms with van der Waals surface area (Å²) in [6, 6.07) is 7.06. The topological polar surface area (TPSA) is 101 Å². The first-order valence-electron chi connectivity index (χ1n) is 6.18. The molecule has 0 aliphatic carbocycles. The number of aliphatic carboxylic acids is 1. The van der Waals surface area contributed by atoms with E-state index in [9.17, 15) is 18.0 Å². The maximum Gasteiger partial charge on any atom is 0.321 e. The number of hydrogen-bond donors (Lipinski definition) is 2. The second-order valence-corrected chi connectivity index (χ2v) is 7.20. The molecule has 1 aromatic carbocycles. The van der Waals surface area contributed by atoms with Crippen molar-refractivity contribution in [1.29, 1.82) is 0 Å². The number of aryl methyl sites for hydroxylation is 1. The van der Waals surface area contributed by atoms with Gasteiger partial charge in [-0.3, -0.25) is 9.59 Å². The fraction of sp³-hybridized carbons (Fsp3) is 0.385. The average molecular weight is 297 g/mol. The molecule has 0 saturated carbocycles. The van der Waals surface area contributed by atoms with Gasteiger partial charge in [0.15, 0.2) is 15.1 Å². The Kier molecular flexibility index (Phi) is 3.80. The van der Waals surface area contributed by atoms with Gasteiger partial charge in [-0.15, -0.1) is 0 Å². The molecule has 2 unspecified atom stereocenters. The first kappa shape index (κ1) is 14.5. The molecule has 1 aliphatic heterocycles. The predicted octanol–water partition coefficient (Wildman–Crippen LogP) is 0.828. The van der Waals surface area contributed by atoms with Crippen molar-refractivity contribution >= 4 is 27.4 Å². The molecule has 2 N–H and O–H groups in total. The summed E-state index contributed by atoms with van der Waals surface area (Å²) in [6.07, 6.45) is 0.494. The Morgan fingerprint density at radius 1 is 1.40 bits per heavy atom. The second kappa shape index (κ2) is 5.24. The molecule has 7 heteroatoms. The van der Waals surface area contributed by atoms with Gasteiger partial charge >= 0.3 is 5.97 Å². The third-order valence-electron chi connectivity index (χ3n) is 3.48. The number of rotatable bonds is 3. The fourth-order valence-corrected chi connectivity index (χ4v) is 3.77. The third kappa shape index (κ3) is 2.53. The van der Waals surface area contributed by atoms with Gasteiger partial charge in [0.2, 0.25) is 5.91 Å². The van der Waals surface area contributed by atoms with E-state index in [-0.39, 0.29) is 6.42 Å². The molecule has 2 atom stereocenters. The highest BCUT2D eigenvalue weighted by Crippen LogP contribution is 2.26. The highest BCUT2D eigenvalue weighted by Gasteiger charge is 2.41. The van der Waals surface area contributed by atoms with E-state index in [0.717, 1.165) is 12.5 Å². The van der Waals surface area contributed by atoms with Gasteiger partial charge < -0.3 is 10.4 Å². The summed E-state index contributed by atoms with van der Waals surface area (Å²) < 4.78 is 24.4. The van der Waals surface area contributed by atoms with Crippen molar-refractivity contribution in [2.24, 2.45) is 0 Å². The quantitative estimate of drug-likeness (QED) is 0.860. The molecule has 1 aliphatic rings. The van der Waals surface area contributed by atoms with Gasteiger partial charge in [-0.05, 0) is 31.4 Å². The summed E-state index contributed by atoms with van der Waals surface area (Å²) in [5.41, 5.74) is 1.43. The van der Waals surface area contributed by atoms with Crippen LogP contribution in [0.2, 0.25) is 0 Å². The van der Waals surface area contributed by atoms with Gasteiger partial charge in [-0.1, -0.05) is 18.2 Å². The van der Waals surface area contributed by atoms with Gasteiger partial charge in [0.1, 0.15) is 5.25 Å². The predicted molar refractivity (Wildman–Crippen MR) is 73.2 cm³/mol. The zero-order valence-electron chi connectivity index (χ0n) is 10.9. The molecule has 6 nitrogen and oxygen atoms in total. The van der Waals surface area contributed by atoms with Crippen LogP contribution in [0.4, 0.5) is 5.69 Å². The summed E-state index contributed by atoms with van der Waals surface area (Å²) in [4.78, 5) is 23.0. The number of nitrogens with one attached hydrogen (secondary N) is 1. The van der Waals surface area contributed by atoms with Crippen molar-refractivity contribution in [2.45, 2.75) is 30.3 Å². The zero-order chi connectivity index (χ0) is 14.9. The van der Waals surface area contributed by atoms with Crippen molar-refractivity contribution in [2.75, 3.05) is 5.32 Å². The minimum absolute atomic E-state index is 0.0861. The number of sulfone groups is 1. The van der Waals surface area contributed by atoms with Gasteiger partial charge in [0.05, 0.1) is 0 Å². The van der Waals surface area contributed by atoms with E-state index < -0.39 is 32.2 Å². The maximum atomic E-state index is 12.2. The molecule has 1 aromatic rings. The monoisotopic (exact) mass is 297 g/mol. The van der Waals surface area contributed by atoms with Crippen molar-refractivity contribution in [3.05, 3.63) is 29.8 Å². The van der Waals surface area contributed by atoms with Crippen LogP contribution in [0.25, 0.3) is 0 Å². The Morgan fingerprint density at radius 3 is 2.70 bits per heavy atom. The van der Waals surface area contributed by atoms with Gasteiger partial charge in [-0.2, -0.15) is 0 Å². The Hall–Kier alpha value is -1.89. The van der Waals surface area contributed by atoms with Crippen LogP contribution < -0.4 is 5.32 Å². The van der Waals surface area contributed by atoms with Crippen LogP contribution in [-0.2, 0) is 25.8 Å². The van der Waals surface area contributed by atoms with E-state index >= 15 is 0 Å². The number of carbonyl (C=O) groups is 2. The highest BCUT2D eigenvalue weighted by atomic mass is 32.2. The lowest BCUT2D eigenvalue weighted by atomic mass is 10.1. The molecule has 20 heavy (non-hydrogen) atoms. The van der Waals surface area contributed by atoms with Gasteiger partial charge in [0.25, 0.3) is 0 Å². The lowest BCUT2D eigenvalue weighted by molar-refractivity contribution is -0.136. The zero-order valence-corrected chi connectivity index (χ0v) is 11.7. The van der Waals surface area contributed by atoms with Crippen LogP contribution in [0.15, 0.2) is 24.3 Å². The largest absolute Gasteiger partial charge is 0.480 e. The summed E-state index contributed by atoms with van der Waals surface area (Å²) in [5.74, 6) is -2.11. The minimum atomic E-state index is -4.06. The molecule has 0 spiro atoms. The van der Waals surface area contributed by atoms with E-state index in [1.54, 1.807) is 18.2 Å². The van der Waals surface area contributed by atoms with Crippen LogP contribution >= 0.6 is 0 Å². The van der Waals surface area contributed by atoms with E-state index in [0.29, 0.717) is 12.1 Å². The number of carbonyl (C=O) groups excluding carboxylic acids is 1. The smallest absolute Gasteiger partial charge is 0.321 e. The molecule has 0 radical (unpaired) electrons. The van der Waals surface area contributed by atoms with Gasteiger partial charge in [-0.25, -0.2) is 8.42 Å². The van der Waals surface area contributed by atoms with Crippen LogP contribution in [0, 0.1) is 0 Å². The third-order valence-corrected chi connectivity index (χ3v) is 5.91. The number of amides is 1. The fourth-order valence-electron chi connectivity index (χ4n) is 2.19. The average Bonchev–Trinajstić information content (AvgIpc) is 2.56. The number of hydrogen-bond acceptors (Lipinski definition) is 4.